The van der Waals surface area contributed by atoms with Gasteiger partial charge < -0.3 is 14.8 Å². The van der Waals surface area contributed by atoms with Crippen LogP contribution in [-0.4, -0.2) is 30.3 Å². The minimum Gasteiger partial charge on any atom is -0.494 e. The van der Waals surface area contributed by atoms with Gasteiger partial charge in [-0.15, -0.1) is 0 Å². The Hall–Kier alpha value is -3.42. The number of nitro benzene ring substituents is 1. The van der Waals surface area contributed by atoms with E-state index in [1.54, 1.807) is 24.3 Å². The van der Waals surface area contributed by atoms with Crippen LogP contribution in [-0.2, 0) is 4.79 Å². The lowest BCUT2D eigenvalue weighted by Gasteiger charge is -2.17. The third-order valence-electron chi connectivity index (χ3n) is 3.37. The zero-order chi connectivity index (χ0) is 18.4. The Bertz CT molecular complexity index is 805. The summed E-state index contributed by atoms with van der Waals surface area (Å²) in [5.74, 6) is -0.0493. The zero-order valence-corrected chi connectivity index (χ0v) is 13.6. The van der Waals surface area contributed by atoms with Gasteiger partial charge in [0, 0.05) is 6.07 Å². The fourth-order valence-corrected chi connectivity index (χ4v) is 2.06. The predicted molar refractivity (Wildman–Crippen MR) is 90.2 cm³/mol. The number of methoxy groups -OCH3 is 1. The smallest absolute Gasteiger partial charge is 0.273 e. The van der Waals surface area contributed by atoms with Gasteiger partial charge in [0.2, 0.25) is 0 Å². The second-order valence-electron chi connectivity index (χ2n) is 5.05. The molecule has 0 radical (unpaired) electrons. The van der Waals surface area contributed by atoms with Crippen LogP contribution >= 0.6 is 0 Å². The number of hydrogen-bond acceptors (Lipinski definition) is 6. The SMILES string of the molecule is COc1cc([N+](=O)[O-])ccc1NC(=O)[C@@H](C)Oc1ccccc1C=O. The molecule has 0 spiro atoms. The van der Waals surface area contributed by atoms with Crippen molar-refractivity contribution in [2.24, 2.45) is 0 Å². The van der Waals surface area contributed by atoms with Gasteiger partial charge in [0.25, 0.3) is 11.6 Å². The standard InChI is InChI=1S/C17H16N2O6/c1-11(25-15-6-4-3-5-12(15)10-20)17(21)18-14-8-7-13(19(22)23)9-16(14)24-2/h3-11H,1-2H3,(H,18,21)/t11-/m1/s1. The molecule has 1 atom stereocenters. The lowest BCUT2D eigenvalue weighted by Crippen LogP contribution is -2.30. The van der Waals surface area contributed by atoms with Crippen molar-refractivity contribution >= 4 is 23.6 Å². The van der Waals surface area contributed by atoms with Gasteiger partial charge in [-0.1, -0.05) is 12.1 Å². The molecule has 0 heterocycles. The first kappa shape index (κ1) is 17.9. The molecule has 2 rings (SSSR count). The van der Waals surface area contributed by atoms with E-state index in [9.17, 15) is 19.7 Å². The van der Waals surface area contributed by atoms with Gasteiger partial charge in [-0.25, -0.2) is 0 Å². The number of para-hydroxylation sites is 1. The van der Waals surface area contributed by atoms with E-state index in [1.807, 2.05) is 0 Å². The number of hydrogen-bond donors (Lipinski definition) is 1. The number of aldehydes is 1. The second-order valence-corrected chi connectivity index (χ2v) is 5.05. The number of non-ortho nitro benzene ring substituents is 1. The Morgan fingerprint density at radius 1 is 1.24 bits per heavy atom. The molecule has 0 unspecified atom stereocenters. The van der Waals surface area contributed by atoms with Crippen molar-refractivity contribution < 1.29 is 24.0 Å². The molecule has 130 valence electrons. The largest absolute Gasteiger partial charge is 0.494 e. The van der Waals surface area contributed by atoms with Gasteiger partial charge in [0.15, 0.2) is 12.4 Å². The van der Waals surface area contributed by atoms with Gasteiger partial charge in [-0.05, 0) is 25.1 Å². The Balaban J connectivity index is 2.13. The topological polar surface area (TPSA) is 108 Å². The highest BCUT2D eigenvalue weighted by Gasteiger charge is 2.19. The van der Waals surface area contributed by atoms with Gasteiger partial charge in [-0.2, -0.15) is 0 Å². The van der Waals surface area contributed by atoms with Crippen molar-refractivity contribution in [1.29, 1.82) is 0 Å². The van der Waals surface area contributed by atoms with Crippen LogP contribution in [0, 0.1) is 10.1 Å². The van der Waals surface area contributed by atoms with Crippen LogP contribution in [0.25, 0.3) is 0 Å². The Labute approximate surface area is 143 Å². The normalized spacial score (nSPS) is 11.3. The number of rotatable bonds is 7. The number of nitro groups is 1. The molecule has 1 N–H and O–H groups in total. The van der Waals surface area contributed by atoms with Crippen molar-refractivity contribution in [3.8, 4) is 11.5 Å². The van der Waals surface area contributed by atoms with E-state index in [-0.39, 0.29) is 22.9 Å². The molecule has 0 fully saturated rings. The van der Waals surface area contributed by atoms with Crippen LogP contribution in [0.3, 0.4) is 0 Å². The molecule has 0 aliphatic rings. The number of benzene rings is 2. The quantitative estimate of drug-likeness (QED) is 0.470. The maximum Gasteiger partial charge on any atom is 0.273 e. The van der Waals surface area contributed by atoms with Crippen LogP contribution in [0.4, 0.5) is 11.4 Å². The summed E-state index contributed by atoms with van der Waals surface area (Å²) in [7, 11) is 1.34. The molecule has 0 saturated heterocycles. The lowest BCUT2D eigenvalue weighted by molar-refractivity contribution is -0.384. The number of ether oxygens (including phenoxy) is 2. The van der Waals surface area contributed by atoms with Gasteiger partial charge >= 0.3 is 0 Å². The van der Waals surface area contributed by atoms with E-state index < -0.39 is 16.9 Å². The number of anilines is 1. The first-order chi connectivity index (χ1) is 12.0. The zero-order valence-electron chi connectivity index (χ0n) is 13.6. The molecule has 0 aromatic heterocycles. The van der Waals surface area contributed by atoms with Gasteiger partial charge in [0.05, 0.1) is 29.4 Å². The average molecular weight is 344 g/mol. The molecule has 8 nitrogen and oxygen atoms in total. The van der Waals surface area contributed by atoms with Gasteiger partial charge in [-0.3, -0.25) is 19.7 Å². The summed E-state index contributed by atoms with van der Waals surface area (Å²) in [6, 6.07) is 10.4. The highest BCUT2D eigenvalue weighted by molar-refractivity contribution is 5.95. The fraction of sp³-hybridized carbons (Fsp3) is 0.176. The Morgan fingerprint density at radius 3 is 2.60 bits per heavy atom. The minimum absolute atomic E-state index is 0.154. The van der Waals surface area contributed by atoms with E-state index >= 15 is 0 Å². The van der Waals surface area contributed by atoms with Crippen molar-refractivity contribution in [2.75, 3.05) is 12.4 Å². The molecule has 25 heavy (non-hydrogen) atoms. The summed E-state index contributed by atoms with van der Waals surface area (Å²) in [5, 5.41) is 13.4. The minimum atomic E-state index is -0.902. The van der Waals surface area contributed by atoms with Crippen molar-refractivity contribution in [3.63, 3.8) is 0 Å². The van der Waals surface area contributed by atoms with E-state index in [0.717, 1.165) is 0 Å². The number of amides is 1. The molecular weight excluding hydrogens is 328 g/mol. The van der Waals surface area contributed by atoms with E-state index in [1.165, 1.54) is 32.2 Å². The van der Waals surface area contributed by atoms with Crippen LogP contribution in [0.1, 0.15) is 17.3 Å². The van der Waals surface area contributed by atoms with E-state index in [2.05, 4.69) is 5.32 Å². The number of carbonyl (C=O) groups excluding carboxylic acids is 2. The average Bonchev–Trinajstić information content (AvgIpc) is 2.62. The number of nitrogens with zero attached hydrogens (tertiary/aromatic N) is 1. The molecule has 2 aromatic carbocycles. The van der Waals surface area contributed by atoms with Gasteiger partial charge in [0.1, 0.15) is 11.5 Å². The van der Waals surface area contributed by atoms with Crippen LogP contribution < -0.4 is 14.8 Å². The molecule has 0 bridgehead atoms. The maximum absolute atomic E-state index is 12.3. The van der Waals surface area contributed by atoms with Crippen LogP contribution in [0.2, 0.25) is 0 Å². The molecule has 0 saturated carbocycles. The second kappa shape index (κ2) is 7.91. The summed E-state index contributed by atoms with van der Waals surface area (Å²) in [6.07, 6.45) is -0.264. The lowest BCUT2D eigenvalue weighted by atomic mass is 10.2. The summed E-state index contributed by atoms with van der Waals surface area (Å²) < 4.78 is 10.6. The molecule has 1 amide bonds. The summed E-state index contributed by atoms with van der Waals surface area (Å²) in [4.78, 5) is 33.5. The molecule has 0 aliphatic heterocycles. The molecular formula is C17H16N2O6. The molecule has 8 heteroatoms. The molecule has 0 aliphatic carbocycles. The highest BCUT2D eigenvalue weighted by Crippen LogP contribution is 2.29. The van der Waals surface area contributed by atoms with Crippen molar-refractivity contribution in [1.82, 2.24) is 0 Å². The van der Waals surface area contributed by atoms with E-state index in [0.29, 0.717) is 11.8 Å². The first-order valence-corrected chi connectivity index (χ1v) is 7.30. The maximum atomic E-state index is 12.3. The molecule has 2 aromatic rings. The first-order valence-electron chi connectivity index (χ1n) is 7.30. The predicted octanol–water partition coefficient (Wildman–Crippen LogP) is 2.82. The summed E-state index contributed by atoms with van der Waals surface area (Å²) in [5.41, 5.74) is 0.450. The Kier molecular flexibility index (Phi) is 5.67. The fourth-order valence-electron chi connectivity index (χ4n) is 2.06. The third kappa shape index (κ3) is 4.31. The van der Waals surface area contributed by atoms with Crippen LogP contribution in [0.5, 0.6) is 11.5 Å². The monoisotopic (exact) mass is 344 g/mol. The summed E-state index contributed by atoms with van der Waals surface area (Å²) >= 11 is 0. The number of nitrogens with one attached hydrogen (secondary N) is 1. The summed E-state index contributed by atoms with van der Waals surface area (Å²) in [6.45, 7) is 1.52. The highest BCUT2D eigenvalue weighted by atomic mass is 16.6. The van der Waals surface area contributed by atoms with Crippen molar-refractivity contribution in [2.45, 2.75) is 13.0 Å². The third-order valence-corrected chi connectivity index (χ3v) is 3.37. The number of carbonyl (C=O) groups is 2. The van der Waals surface area contributed by atoms with Crippen LogP contribution in [0.15, 0.2) is 42.5 Å². The Morgan fingerprint density at radius 2 is 1.96 bits per heavy atom. The van der Waals surface area contributed by atoms with Crippen molar-refractivity contribution in [3.05, 3.63) is 58.1 Å². The van der Waals surface area contributed by atoms with E-state index in [4.69, 9.17) is 9.47 Å².